The van der Waals surface area contributed by atoms with E-state index in [2.05, 4.69) is 10.3 Å². The van der Waals surface area contributed by atoms with Gasteiger partial charge in [-0.05, 0) is 25.8 Å². The van der Waals surface area contributed by atoms with E-state index in [4.69, 9.17) is 21.4 Å². The summed E-state index contributed by atoms with van der Waals surface area (Å²) >= 11 is 6.01. The Hall–Kier alpha value is -1.82. The third-order valence-electron chi connectivity index (χ3n) is 3.57. The van der Waals surface area contributed by atoms with Crippen molar-refractivity contribution in [1.82, 2.24) is 10.3 Å². The van der Waals surface area contributed by atoms with Crippen LogP contribution in [0.2, 0.25) is 5.02 Å². The number of halogens is 1. The normalized spacial score (nSPS) is 11.1. The number of ether oxygens (including phenoxy) is 1. The van der Waals surface area contributed by atoms with Gasteiger partial charge in [0.05, 0.1) is 24.1 Å². The van der Waals surface area contributed by atoms with E-state index in [-0.39, 0.29) is 22.9 Å². The van der Waals surface area contributed by atoms with E-state index in [1.165, 1.54) is 12.3 Å². The van der Waals surface area contributed by atoms with Gasteiger partial charge >= 0.3 is 5.97 Å². The monoisotopic (exact) mass is 328 g/mol. The van der Waals surface area contributed by atoms with E-state index < -0.39 is 17.4 Å². The molecule has 0 aliphatic heterocycles. The smallest absolute Gasteiger partial charge is 0.305 e. The zero-order valence-electron chi connectivity index (χ0n) is 13.0. The largest absolute Gasteiger partial charge is 0.481 e. The first kappa shape index (κ1) is 18.2. The Kier molecular flexibility index (Phi) is 6.61. The highest BCUT2D eigenvalue weighted by Gasteiger charge is 2.31. The molecule has 0 aromatic carbocycles. The van der Waals surface area contributed by atoms with E-state index in [1.807, 2.05) is 13.8 Å². The molecule has 1 rings (SSSR count). The first-order valence-corrected chi connectivity index (χ1v) is 7.57. The Bertz CT molecular complexity index is 544. The van der Waals surface area contributed by atoms with Crippen LogP contribution in [0.4, 0.5) is 0 Å². The van der Waals surface area contributed by atoms with Gasteiger partial charge in [-0.2, -0.15) is 0 Å². The van der Waals surface area contributed by atoms with Gasteiger partial charge in [0, 0.05) is 6.20 Å². The predicted octanol–water partition coefficient (Wildman–Crippen LogP) is 2.90. The summed E-state index contributed by atoms with van der Waals surface area (Å²) in [5.41, 5.74) is -0.515. The first-order chi connectivity index (χ1) is 10.4. The van der Waals surface area contributed by atoms with Crippen molar-refractivity contribution in [1.29, 1.82) is 0 Å². The fourth-order valence-corrected chi connectivity index (χ4v) is 2.34. The summed E-state index contributed by atoms with van der Waals surface area (Å²) in [5.74, 6) is -1.09. The second-order valence-electron chi connectivity index (χ2n) is 4.96. The fraction of sp³-hybridized carbons (Fsp3) is 0.533. The molecular formula is C15H21ClN2O4. The Morgan fingerprint density at radius 1 is 1.36 bits per heavy atom. The highest BCUT2D eigenvalue weighted by molar-refractivity contribution is 6.32. The third-order valence-corrected chi connectivity index (χ3v) is 3.84. The van der Waals surface area contributed by atoms with Crippen molar-refractivity contribution in [3.63, 3.8) is 0 Å². The minimum absolute atomic E-state index is 0.135. The van der Waals surface area contributed by atoms with Crippen LogP contribution >= 0.6 is 11.6 Å². The summed E-state index contributed by atoms with van der Waals surface area (Å²) in [6, 6.07) is 1.46. The van der Waals surface area contributed by atoms with E-state index in [0.717, 1.165) is 0 Å². The number of carboxylic acids is 1. The lowest BCUT2D eigenvalue weighted by atomic mass is 9.88. The number of carbonyl (C=O) groups is 2. The minimum atomic E-state index is -0.952. The number of carbonyl (C=O) groups excluding carboxylic acids is 1. The summed E-state index contributed by atoms with van der Waals surface area (Å²) < 4.78 is 5.21. The van der Waals surface area contributed by atoms with E-state index in [9.17, 15) is 9.59 Å². The van der Waals surface area contributed by atoms with Crippen molar-refractivity contribution in [2.24, 2.45) is 0 Å². The fourth-order valence-electron chi connectivity index (χ4n) is 2.12. The summed E-state index contributed by atoms with van der Waals surface area (Å²) in [6.07, 6.45) is 2.26. The number of hydrogen-bond donors (Lipinski definition) is 2. The number of aromatic nitrogens is 1. The maximum Gasteiger partial charge on any atom is 0.305 e. The number of amides is 1. The van der Waals surface area contributed by atoms with Crippen molar-refractivity contribution in [2.45, 2.75) is 45.6 Å². The predicted molar refractivity (Wildman–Crippen MR) is 83.4 cm³/mol. The Morgan fingerprint density at radius 3 is 2.45 bits per heavy atom. The molecule has 6 nitrogen and oxygen atoms in total. The summed E-state index contributed by atoms with van der Waals surface area (Å²) in [6.45, 7) is 5.92. The van der Waals surface area contributed by atoms with Crippen molar-refractivity contribution in [3.8, 4) is 5.88 Å². The van der Waals surface area contributed by atoms with Gasteiger partial charge in [-0.15, -0.1) is 0 Å². The second-order valence-corrected chi connectivity index (χ2v) is 5.36. The molecule has 1 amide bonds. The molecule has 0 saturated carbocycles. The molecule has 0 spiro atoms. The lowest BCUT2D eigenvalue weighted by Gasteiger charge is -2.31. The van der Waals surface area contributed by atoms with Crippen molar-refractivity contribution in [3.05, 3.63) is 22.8 Å². The van der Waals surface area contributed by atoms with Crippen molar-refractivity contribution >= 4 is 23.5 Å². The molecule has 0 aliphatic carbocycles. The van der Waals surface area contributed by atoms with Gasteiger partial charge in [0.15, 0.2) is 0 Å². The van der Waals surface area contributed by atoms with Gasteiger partial charge in [-0.1, -0.05) is 25.4 Å². The number of rotatable bonds is 8. The van der Waals surface area contributed by atoms with Crippen LogP contribution in [0.25, 0.3) is 0 Å². The van der Waals surface area contributed by atoms with Gasteiger partial charge in [0.1, 0.15) is 5.02 Å². The number of nitrogens with one attached hydrogen (secondary N) is 1. The number of carboxylic acid groups (broad SMARTS) is 1. The molecular weight excluding hydrogens is 308 g/mol. The molecule has 7 heteroatoms. The number of hydrogen-bond acceptors (Lipinski definition) is 4. The highest BCUT2D eigenvalue weighted by Crippen LogP contribution is 2.24. The molecule has 2 N–H and O–H groups in total. The first-order valence-electron chi connectivity index (χ1n) is 7.20. The average Bonchev–Trinajstić information content (AvgIpc) is 2.48. The SMILES string of the molecule is CCOc1ncc(C(=O)NC(CC)(CC)CC(=O)O)cc1Cl. The molecule has 122 valence electrons. The Labute approximate surface area is 134 Å². The van der Waals surface area contributed by atoms with Crippen LogP contribution in [0.5, 0.6) is 5.88 Å². The molecule has 22 heavy (non-hydrogen) atoms. The van der Waals surface area contributed by atoms with Crippen molar-refractivity contribution < 1.29 is 19.4 Å². The maximum absolute atomic E-state index is 12.3. The zero-order valence-corrected chi connectivity index (χ0v) is 13.7. The summed E-state index contributed by atoms with van der Waals surface area (Å²) in [7, 11) is 0. The molecule has 1 aromatic rings. The topological polar surface area (TPSA) is 88.5 Å². The lowest BCUT2D eigenvalue weighted by molar-refractivity contribution is -0.138. The molecule has 0 aliphatic rings. The van der Waals surface area contributed by atoms with Crippen LogP contribution in [-0.4, -0.2) is 34.1 Å². The van der Waals surface area contributed by atoms with Crippen LogP contribution in [0.15, 0.2) is 12.3 Å². The highest BCUT2D eigenvalue weighted by atomic mass is 35.5. The maximum atomic E-state index is 12.3. The molecule has 1 aromatic heterocycles. The number of nitrogens with zero attached hydrogens (tertiary/aromatic N) is 1. The molecule has 0 radical (unpaired) electrons. The molecule has 0 fully saturated rings. The van der Waals surface area contributed by atoms with Gasteiger partial charge < -0.3 is 15.2 Å². The Balaban J connectivity index is 2.95. The van der Waals surface area contributed by atoms with Gasteiger partial charge in [0.2, 0.25) is 5.88 Å². The van der Waals surface area contributed by atoms with Gasteiger partial charge in [0.25, 0.3) is 5.91 Å². The molecule has 0 bridgehead atoms. The Morgan fingerprint density at radius 2 is 2.00 bits per heavy atom. The summed E-state index contributed by atoms with van der Waals surface area (Å²) in [5, 5.41) is 12.1. The van der Waals surface area contributed by atoms with Crippen LogP contribution in [0.3, 0.4) is 0 Å². The van der Waals surface area contributed by atoms with Crippen LogP contribution < -0.4 is 10.1 Å². The van der Waals surface area contributed by atoms with Gasteiger partial charge in [-0.25, -0.2) is 4.98 Å². The van der Waals surface area contributed by atoms with E-state index in [0.29, 0.717) is 19.4 Å². The zero-order chi connectivity index (χ0) is 16.8. The number of aliphatic carboxylic acids is 1. The lowest BCUT2D eigenvalue weighted by Crippen LogP contribution is -2.49. The molecule has 0 atom stereocenters. The third kappa shape index (κ3) is 4.59. The molecule has 1 heterocycles. The van der Waals surface area contributed by atoms with Crippen molar-refractivity contribution in [2.75, 3.05) is 6.61 Å². The summed E-state index contributed by atoms with van der Waals surface area (Å²) in [4.78, 5) is 27.4. The van der Waals surface area contributed by atoms with E-state index in [1.54, 1.807) is 6.92 Å². The van der Waals surface area contributed by atoms with Crippen LogP contribution in [-0.2, 0) is 4.79 Å². The minimum Gasteiger partial charge on any atom is -0.481 e. The van der Waals surface area contributed by atoms with E-state index >= 15 is 0 Å². The number of pyridine rings is 1. The average molecular weight is 329 g/mol. The molecule has 0 unspecified atom stereocenters. The molecule has 0 saturated heterocycles. The van der Waals surface area contributed by atoms with Crippen LogP contribution in [0.1, 0.15) is 50.4 Å². The standard InChI is InChI=1S/C15H21ClN2O4/c1-4-15(5-2,8-12(19)20)18-13(21)10-7-11(16)14(17-9-10)22-6-3/h7,9H,4-6,8H2,1-3H3,(H,18,21)(H,19,20). The van der Waals surface area contributed by atoms with Gasteiger partial charge in [-0.3, -0.25) is 9.59 Å². The quantitative estimate of drug-likeness (QED) is 0.766. The second kappa shape index (κ2) is 7.98. The van der Waals surface area contributed by atoms with Crippen LogP contribution in [0, 0.1) is 0 Å².